The number of amides is 2. The molecule has 0 aliphatic carbocycles. The Kier molecular flexibility index (Phi) is 5.97. The van der Waals surface area contributed by atoms with Crippen LogP contribution >= 0.6 is 0 Å². The zero-order valence-electron chi connectivity index (χ0n) is 15.1. The Balaban J connectivity index is 1.94. The van der Waals surface area contributed by atoms with Gasteiger partial charge in [-0.25, -0.2) is 0 Å². The first-order valence-corrected chi connectivity index (χ1v) is 8.50. The predicted octanol–water partition coefficient (Wildman–Crippen LogP) is 3.26. The van der Waals surface area contributed by atoms with Crippen LogP contribution in [0.5, 0.6) is 0 Å². The number of carbonyl (C=O) groups is 2. The molecule has 2 rings (SSSR count). The van der Waals surface area contributed by atoms with Crippen LogP contribution in [-0.2, 0) is 21.4 Å². The summed E-state index contributed by atoms with van der Waals surface area (Å²) in [5.74, 6) is -0.748. The van der Waals surface area contributed by atoms with Crippen LogP contribution < -0.4 is 11.1 Å². The molecule has 2 aromatic carbocycles. The van der Waals surface area contributed by atoms with E-state index in [9.17, 15) is 9.59 Å². The van der Waals surface area contributed by atoms with Crippen LogP contribution in [0.25, 0.3) is 0 Å². The zero-order chi connectivity index (χ0) is 18.4. The Morgan fingerprint density at radius 2 is 1.60 bits per heavy atom. The lowest BCUT2D eigenvalue weighted by atomic mass is 9.86. The number of carbonyl (C=O) groups excluding carboxylic acids is 2. The molecule has 2 aromatic rings. The summed E-state index contributed by atoms with van der Waals surface area (Å²) in [6.45, 7) is 6.51. The first kappa shape index (κ1) is 18.7. The molecule has 0 fully saturated rings. The van der Waals surface area contributed by atoms with E-state index in [2.05, 4.69) is 50.4 Å². The largest absolute Gasteiger partial charge is 0.368 e. The van der Waals surface area contributed by atoms with E-state index in [1.807, 2.05) is 18.2 Å². The summed E-state index contributed by atoms with van der Waals surface area (Å²) in [4.78, 5) is 23.9. The van der Waals surface area contributed by atoms with E-state index in [4.69, 9.17) is 5.73 Å². The molecule has 132 valence electrons. The van der Waals surface area contributed by atoms with Gasteiger partial charge in [-0.2, -0.15) is 0 Å². The summed E-state index contributed by atoms with van der Waals surface area (Å²) in [5, 5.41) is 2.73. The second-order valence-corrected chi connectivity index (χ2v) is 7.26. The SMILES string of the molecule is CC(C)(C)c1ccc(CCC(=O)NC(C(N)=O)c2ccccc2)cc1. The Labute approximate surface area is 149 Å². The van der Waals surface area contributed by atoms with Crippen LogP contribution in [0.15, 0.2) is 54.6 Å². The van der Waals surface area contributed by atoms with E-state index in [0.717, 1.165) is 5.56 Å². The average molecular weight is 338 g/mol. The molecule has 0 saturated heterocycles. The highest BCUT2D eigenvalue weighted by Crippen LogP contribution is 2.22. The third kappa shape index (κ3) is 5.45. The van der Waals surface area contributed by atoms with Gasteiger partial charge in [0.2, 0.25) is 11.8 Å². The quantitative estimate of drug-likeness (QED) is 0.848. The highest BCUT2D eigenvalue weighted by Gasteiger charge is 2.19. The average Bonchev–Trinajstić information content (AvgIpc) is 2.58. The predicted molar refractivity (Wildman–Crippen MR) is 100.0 cm³/mol. The van der Waals surface area contributed by atoms with E-state index >= 15 is 0 Å². The Bertz CT molecular complexity index is 716. The molecule has 0 aromatic heterocycles. The maximum absolute atomic E-state index is 12.2. The fourth-order valence-corrected chi connectivity index (χ4v) is 2.63. The van der Waals surface area contributed by atoms with Gasteiger partial charge in [0.05, 0.1) is 0 Å². The number of benzene rings is 2. The van der Waals surface area contributed by atoms with Gasteiger partial charge in [-0.15, -0.1) is 0 Å². The number of nitrogens with one attached hydrogen (secondary N) is 1. The first-order valence-electron chi connectivity index (χ1n) is 8.50. The number of nitrogens with two attached hydrogens (primary N) is 1. The van der Waals surface area contributed by atoms with Gasteiger partial charge < -0.3 is 11.1 Å². The highest BCUT2D eigenvalue weighted by atomic mass is 16.2. The maximum atomic E-state index is 12.2. The van der Waals surface area contributed by atoms with Gasteiger partial charge >= 0.3 is 0 Å². The zero-order valence-corrected chi connectivity index (χ0v) is 15.1. The molecule has 1 atom stereocenters. The monoisotopic (exact) mass is 338 g/mol. The molecule has 4 nitrogen and oxygen atoms in total. The lowest BCUT2D eigenvalue weighted by Crippen LogP contribution is -2.37. The number of rotatable bonds is 6. The van der Waals surface area contributed by atoms with Crippen LogP contribution in [0, 0.1) is 0 Å². The van der Waals surface area contributed by atoms with E-state index < -0.39 is 11.9 Å². The van der Waals surface area contributed by atoms with E-state index in [0.29, 0.717) is 18.4 Å². The second-order valence-electron chi connectivity index (χ2n) is 7.26. The van der Waals surface area contributed by atoms with Gasteiger partial charge in [0.1, 0.15) is 6.04 Å². The maximum Gasteiger partial charge on any atom is 0.244 e. The molecule has 0 aliphatic heterocycles. The first-order chi connectivity index (χ1) is 11.8. The normalized spacial score (nSPS) is 12.4. The third-order valence-corrected chi connectivity index (χ3v) is 4.18. The van der Waals surface area contributed by atoms with Crippen LogP contribution in [0.2, 0.25) is 0 Å². The number of primary amides is 1. The summed E-state index contributed by atoms with van der Waals surface area (Å²) in [6.07, 6.45) is 0.933. The van der Waals surface area contributed by atoms with Gasteiger partial charge in [-0.05, 0) is 28.5 Å². The summed E-state index contributed by atoms with van der Waals surface area (Å²) >= 11 is 0. The molecule has 0 spiro atoms. The lowest BCUT2D eigenvalue weighted by molar-refractivity contribution is -0.127. The van der Waals surface area contributed by atoms with Gasteiger partial charge in [-0.1, -0.05) is 75.4 Å². The van der Waals surface area contributed by atoms with Gasteiger partial charge in [-0.3, -0.25) is 9.59 Å². The number of aryl methyl sites for hydroxylation is 1. The summed E-state index contributed by atoms with van der Waals surface area (Å²) < 4.78 is 0. The summed E-state index contributed by atoms with van der Waals surface area (Å²) in [7, 11) is 0. The Morgan fingerprint density at radius 3 is 2.12 bits per heavy atom. The fourth-order valence-electron chi connectivity index (χ4n) is 2.63. The van der Waals surface area contributed by atoms with E-state index in [1.165, 1.54) is 5.56 Å². The van der Waals surface area contributed by atoms with Crippen molar-refractivity contribution in [2.45, 2.75) is 45.1 Å². The molecular formula is C21H26N2O2. The van der Waals surface area contributed by atoms with Gasteiger partial charge in [0.15, 0.2) is 0 Å². The smallest absolute Gasteiger partial charge is 0.244 e. The standard InChI is InChI=1S/C21H26N2O2/c1-21(2,3)17-12-9-15(10-13-17)11-14-18(24)23-19(20(22)25)16-7-5-4-6-8-16/h4-10,12-13,19H,11,14H2,1-3H3,(H2,22,25)(H,23,24). The van der Waals surface area contributed by atoms with E-state index in [-0.39, 0.29) is 11.3 Å². The van der Waals surface area contributed by atoms with Crippen molar-refractivity contribution in [3.8, 4) is 0 Å². The van der Waals surface area contributed by atoms with Crippen molar-refractivity contribution < 1.29 is 9.59 Å². The molecule has 0 aliphatic rings. The number of hydrogen-bond donors (Lipinski definition) is 2. The van der Waals surface area contributed by atoms with Crippen LogP contribution in [0.4, 0.5) is 0 Å². The van der Waals surface area contributed by atoms with Gasteiger partial charge in [0, 0.05) is 6.42 Å². The highest BCUT2D eigenvalue weighted by molar-refractivity contribution is 5.87. The minimum atomic E-state index is -0.794. The van der Waals surface area contributed by atoms with Crippen molar-refractivity contribution in [3.05, 3.63) is 71.3 Å². The van der Waals surface area contributed by atoms with Crippen LogP contribution in [-0.4, -0.2) is 11.8 Å². The van der Waals surface area contributed by atoms with Crippen molar-refractivity contribution in [2.24, 2.45) is 5.73 Å². The van der Waals surface area contributed by atoms with Crippen molar-refractivity contribution in [2.75, 3.05) is 0 Å². The van der Waals surface area contributed by atoms with Crippen LogP contribution in [0.3, 0.4) is 0 Å². The molecule has 3 N–H and O–H groups in total. The second kappa shape index (κ2) is 7.97. The molecule has 0 radical (unpaired) electrons. The van der Waals surface area contributed by atoms with Crippen LogP contribution in [0.1, 0.15) is 49.9 Å². The number of hydrogen-bond acceptors (Lipinski definition) is 2. The minimum absolute atomic E-state index is 0.111. The third-order valence-electron chi connectivity index (χ3n) is 4.18. The molecule has 0 heterocycles. The molecule has 4 heteroatoms. The van der Waals surface area contributed by atoms with Gasteiger partial charge in [0.25, 0.3) is 0 Å². The van der Waals surface area contributed by atoms with Crippen molar-refractivity contribution >= 4 is 11.8 Å². The van der Waals surface area contributed by atoms with Crippen molar-refractivity contribution in [3.63, 3.8) is 0 Å². The minimum Gasteiger partial charge on any atom is -0.368 e. The molecule has 0 saturated carbocycles. The molecule has 2 amide bonds. The Morgan fingerprint density at radius 1 is 1.00 bits per heavy atom. The molecule has 0 bridgehead atoms. The Hall–Kier alpha value is -2.62. The topological polar surface area (TPSA) is 72.2 Å². The van der Waals surface area contributed by atoms with Crippen molar-refractivity contribution in [1.29, 1.82) is 0 Å². The lowest BCUT2D eigenvalue weighted by Gasteiger charge is -2.19. The molecular weight excluding hydrogens is 312 g/mol. The summed E-state index contributed by atoms with van der Waals surface area (Å²) in [6, 6.07) is 16.5. The van der Waals surface area contributed by atoms with Crippen molar-refractivity contribution in [1.82, 2.24) is 5.32 Å². The molecule has 25 heavy (non-hydrogen) atoms. The van der Waals surface area contributed by atoms with E-state index in [1.54, 1.807) is 12.1 Å². The fraction of sp³-hybridized carbons (Fsp3) is 0.333. The summed E-state index contributed by atoms with van der Waals surface area (Å²) in [5.41, 5.74) is 8.59. The molecule has 1 unspecified atom stereocenters.